The summed E-state index contributed by atoms with van der Waals surface area (Å²) in [6.45, 7) is 3.94. The van der Waals surface area contributed by atoms with Crippen molar-refractivity contribution in [2.24, 2.45) is 28.7 Å². The number of carbonyl (C=O) groups is 19. The van der Waals surface area contributed by atoms with E-state index in [0.29, 0.717) is 69.5 Å². The molecule has 3 aliphatic heterocycles. The molecule has 0 saturated carbocycles. The van der Waals surface area contributed by atoms with Crippen molar-refractivity contribution in [2.75, 3.05) is 65.4 Å². The monoisotopic (exact) mass is 1870 g/mol. The molecule has 5 aromatic rings. The van der Waals surface area contributed by atoms with Crippen LogP contribution >= 0.6 is 11.8 Å². The lowest BCUT2D eigenvalue weighted by Gasteiger charge is -2.36. The van der Waals surface area contributed by atoms with Gasteiger partial charge in [-0.2, -0.15) is 0 Å². The van der Waals surface area contributed by atoms with Gasteiger partial charge in [-0.25, -0.2) is 0 Å². The molecule has 3 fully saturated rings. The normalized spacial score (nSPS) is 25.2. The number of aliphatic hydroxyl groups is 1. The Morgan fingerprint density at radius 2 is 1.05 bits per heavy atom. The zero-order chi connectivity index (χ0) is 97.8. The number of carboxylic acid groups (broad SMARTS) is 1. The van der Waals surface area contributed by atoms with Crippen LogP contribution in [0.25, 0.3) is 21.8 Å². The Kier molecular flexibility index (Phi) is 39.3. The maximum Gasteiger partial charge on any atom is 0.303 e. The highest BCUT2D eigenvalue weighted by Crippen LogP contribution is 2.29. The van der Waals surface area contributed by atoms with E-state index in [9.17, 15) is 72.9 Å². The number of aromatic amines is 2. The summed E-state index contributed by atoms with van der Waals surface area (Å²) in [5.41, 5.74) is 31.6. The molecule has 25 N–H and O–H groups in total. The number of nitrogens with two attached hydrogens (primary N) is 5. The van der Waals surface area contributed by atoms with Crippen molar-refractivity contribution in [3.63, 3.8) is 0 Å². The molecule has 0 radical (unpaired) electrons. The molecule has 3 saturated heterocycles. The Hall–Kier alpha value is -13.3. The predicted octanol–water partition coefficient (Wildman–Crippen LogP) is -4.20. The van der Waals surface area contributed by atoms with Crippen molar-refractivity contribution in [1.29, 1.82) is 0 Å². The third kappa shape index (κ3) is 28.9. The lowest BCUT2D eigenvalue weighted by Crippen LogP contribution is -2.61. The highest BCUT2D eigenvalue weighted by Gasteiger charge is 2.47. The Bertz CT molecular complexity index is 5050. The Morgan fingerprint density at radius 3 is 1.64 bits per heavy atom. The van der Waals surface area contributed by atoms with Crippen LogP contribution in [-0.4, -0.2) is 318 Å². The topological polar surface area (TPSA) is 683 Å². The number of nitrogens with one attached hydrogen (secondary N) is 12. The van der Waals surface area contributed by atoms with Gasteiger partial charge in [-0.1, -0.05) is 95.0 Å². The third-order valence-corrected chi connectivity index (χ3v) is 25.0. The van der Waals surface area contributed by atoms with E-state index in [4.69, 9.17) is 28.7 Å². The number of para-hydroxylation sites is 2. The van der Waals surface area contributed by atoms with Crippen LogP contribution in [0.15, 0.2) is 85.2 Å². The summed E-state index contributed by atoms with van der Waals surface area (Å²) < 4.78 is 0. The Morgan fingerprint density at radius 1 is 0.526 bits per heavy atom. The van der Waals surface area contributed by atoms with E-state index in [1.807, 2.05) is 6.92 Å². The molecule has 3 aliphatic rings. The minimum absolute atomic E-state index is 0.0370. The number of amides is 18. The van der Waals surface area contributed by atoms with E-state index in [-0.39, 0.29) is 70.2 Å². The molecule has 0 bridgehead atoms. The number of aliphatic carboxylic acids is 1. The zero-order valence-electron chi connectivity index (χ0n) is 75.4. The van der Waals surface area contributed by atoms with Gasteiger partial charge in [-0.3, -0.25) is 91.1 Å². The summed E-state index contributed by atoms with van der Waals surface area (Å²) in [6.07, 6.45) is -1.49. The summed E-state index contributed by atoms with van der Waals surface area (Å²) in [4.78, 5) is 285. The number of phenolic OH excluding ortho intramolecular Hbond substituents is 1. The quantitative estimate of drug-likeness (QED) is 0.0250. The number of hydrogen-bond donors (Lipinski definition) is 20. The number of nitrogens with zero attached hydrogens (tertiary/aromatic N) is 5. The van der Waals surface area contributed by atoms with Crippen molar-refractivity contribution in [3.8, 4) is 5.75 Å². The number of aromatic hydroxyl groups is 1. The average Bonchev–Trinajstić information content (AvgIpc) is 1.69. The molecule has 133 heavy (non-hydrogen) atoms. The first-order chi connectivity index (χ1) is 63.2. The SMILES string of the molecule is CCCC[C@H]1C(=O)N(C)[C@@H](CCCC)C(=O)N[C@@H](CCC(=O)O)C(=O)N[C@H](C(=O)NCC(N)=O)CSCC(=O)N[C@@H]([C@@H](C)c2ccc(O)cc2)C(=O)N(C)[C@@H](C)C(=O)N[C@@H](CC(N)=O)C(=O)N2CCC[C@H]2C(=O)N[C@@H](CN)C(=O)N[C@@H](CCC(N)=O)C(=O)N2C[C@H](O)C[C@H]2C(=O)N[C@@H](Cc2c[nH]c3ccccc23)C(=O)N[C@@H](CCN)C(=O)N[C@@H](Cc2c[nH]c3ccccc23)C(=O)N1C. The molecular weight excluding hydrogens is 1750 g/mol. The number of aliphatic hydroxyl groups excluding tert-OH is 1. The Balaban J connectivity index is 1.20. The second-order valence-electron chi connectivity index (χ2n) is 33.6. The number of fused-ring (bicyclic) bond motifs is 4. The zero-order valence-corrected chi connectivity index (χ0v) is 76.2. The molecule has 5 heterocycles. The summed E-state index contributed by atoms with van der Waals surface area (Å²) >= 11 is 0.701. The highest BCUT2D eigenvalue weighted by molar-refractivity contribution is 8.00. The number of H-pyrrole nitrogens is 2. The smallest absolute Gasteiger partial charge is 0.303 e. The molecule has 45 heteroatoms. The molecule has 0 unspecified atom stereocenters. The number of primary amides is 3. The van der Waals surface area contributed by atoms with E-state index >= 15 is 33.6 Å². The summed E-state index contributed by atoms with van der Waals surface area (Å²) in [7, 11) is 3.80. The van der Waals surface area contributed by atoms with Crippen molar-refractivity contribution in [1.82, 2.24) is 87.6 Å². The van der Waals surface area contributed by atoms with Crippen molar-refractivity contribution < 1.29 is 106 Å². The van der Waals surface area contributed by atoms with Gasteiger partial charge in [0.1, 0.15) is 90.3 Å². The number of carboxylic acids is 1. The van der Waals surface area contributed by atoms with Gasteiger partial charge in [0, 0.05) is 119 Å². The molecule has 16 atom stereocenters. The third-order valence-electron chi connectivity index (χ3n) is 24.0. The summed E-state index contributed by atoms with van der Waals surface area (Å²) in [5.74, 6) is -21.8. The molecule has 724 valence electrons. The maximum atomic E-state index is 15.8. The second-order valence-corrected chi connectivity index (χ2v) is 34.6. The lowest BCUT2D eigenvalue weighted by atomic mass is 9.92. The highest BCUT2D eigenvalue weighted by atomic mass is 32.2. The minimum atomic E-state index is -1.82. The molecule has 0 spiro atoms. The van der Waals surface area contributed by atoms with Crippen molar-refractivity contribution in [3.05, 3.63) is 102 Å². The second kappa shape index (κ2) is 49.8. The molecule has 3 aromatic carbocycles. The van der Waals surface area contributed by atoms with Crippen molar-refractivity contribution in [2.45, 2.75) is 233 Å². The average molecular weight is 1870 g/mol. The van der Waals surface area contributed by atoms with Crippen LogP contribution in [0.2, 0.25) is 0 Å². The number of aromatic nitrogens is 2. The number of thioether (sulfide) groups is 1. The van der Waals surface area contributed by atoms with Crippen LogP contribution in [0.4, 0.5) is 0 Å². The molecule has 8 rings (SSSR count). The van der Waals surface area contributed by atoms with Gasteiger partial charge >= 0.3 is 5.97 Å². The van der Waals surface area contributed by atoms with E-state index in [1.54, 1.807) is 67.8 Å². The van der Waals surface area contributed by atoms with Crippen LogP contribution in [0, 0.1) is 0 Å². The molecule has 2 aromatic heterocycles. The number of hydrogen-bond acceptors (Lipinski definition) is 24. The van der Waals surface area contributed by atoms with Crippen LogP contribution in [-0.2, 0) is 104 Å². The van der Waals surface area contributed by atoms with E-state index in [0.717, 1.165) is 24.5 Å². The van der Waals surface area contributed by atoms with Gasteiger partial charge in [0.2, 0.25) is 106 Å². The van der Waals surface area contributed by atoms with Crippen LogP contribution in [0.3, 0.4) is 0 Å². The number of likely N-dealkylation sites (N-methyl/N-ethyl adjacent to an activating group) is 3. The number of phenols is 1. The summed E-state index contributed by atoms with van der Waals surface area (Å²) in [6, 6.07) is -3.26. The first-order valence-corrected chi connectivity index (χ1v) is 45.4. The first-order valence-electron chi connectivity index (χ1n) is 44.2. The minimum Gasteiger partial charge on any atom is -0.508 e. The first kappa shape index (κ1) is 105. The van der Waals surface area contributed by atoms with Crippen molar-refractivity contribution >= 4 is 146 Å². The predicted molar refractivity (Wildman–Crippen MR) is 485 cm³/mol. The van der Waals surface area contributed by atoms with E-state index in [1.165, 1.54) is 59.3 Å². The number of unbranched alkanes of at least 4 members (excludes halogenated alkanes) is 2. The fraction of sp³-hybridized carbons (Fsp3) is 0.534. The molecule has 18 amide bonds. The van der Waals surface area contributed by atoms with Gasteiger partial charge < -0.3 is 132 Å². The van der Waals surface area contributed by atoms with Crippen LogP contribution < -0.4 is 81.8 Å². The number of benzene rings is 3. The van der Waals surface area contributed by atoms with Crippen LogP contribution in [0.5, 0.6) is 5.75 Å². The number of carbonyl (C=O) groups excluding carboxylic acids is 18. The lowest BCUT2D eigenvalue weighted by molar-refractivity contribution is -0.149. The fourth-order valence-corrected chi connectivity index (χ4v) is 17.1. The largest absolute Gasteiger partial charge is 0.508 e. The van der Waals surface area contributed by atoms with Gasteiger partial charge in [-0.15, -0.1) is 11.8 Å². The van der Waals surface area contributed by atoms with Gasteiger partial charge in [0.25, 0.3) is 0 Å². The standard InChI is InChI=1S/C88H124N22O22S/c1-8-10-21-65-81(125)98-57(29-31-73(117)118)77(121)104-64(76(120)96-42-71(93)115)44-133-45-72(116)105-74(46(3)48-24-26-51(111)27-25-48)88(132)106(5)47(4)75(119)101-62(38-70(92)114)86(130)109-34-16-23-66(109)82(126)103-63(39-90)80(124)99-59(28-30-69(91)113)85(129)110-43-52(112)37-68(110)83(127)100-60(35-49-40-94-55-19-14-12-17-53(49)55)79(123)97-58(32-33-89)78(122)102-61(36-50-41-95-56-20-15-13-18-54(50)56)84(128)108(7)67(22-11-9-2)87(131)107(65)6/h12-15,17-20,24-27,40-41,46-47,52,57-68,74,94-95,111-112H,8-11,16,21-23,28-39,42-45,89-90H2,1-7H3,(H2,91,113)(H2,92,114)(H2,93,115)(H,96,120)(H,97,123)(H,98,125)(H,99,124)(H,100,127)(H,101,119)(H,102,122)(H,103,126)(H,104,121)(H,105,116)(H,117,118)/t46-,47-,52+,57-,58-,59-,60-,61-,62-,63-,64-,65-,66-,67-,68-,74-/m0/s1. The van der Waals surface area contributed by atoms with Crippen LogP contribution in [0.1, 0.15) is 147 Å². The van der Waals surface area contributed by atoms with E-state index in [2.05, 4.69) is 63.1 Å². The fourth-order valence-electron chi connectivity index (χ4n) is 16.3. The van der Waals surface area contributed by atoms with Gasteiger partial charge in [0.15, 0.2) is 0 Å². The molecular formula is C88H124N22O22S. The van der Waals surface area contributed by atoms with Gasteiger partial charge in [-0.05, 0) is 99.4 Å². The van der Waals surface area contributed by atoms with Gasteiger partial charge in [0.05, 0.1) is 24.8 Å². The maximum absolute atomic E-state index is 15.8. The Labute approximate surface area is 771 Å². The van der Waals surface area contributed by atoms with E-state index < -0.39 is 279 Å². The number of rotatable bonds is 26. The summed E-state index contributed by atoms with van der Waals surface area (Å²) in [5, 5.41) is 58.6. The molecule has 0 aliphatic carbocycles. The molecule has 44 nitrogen and oxygen atoms in total.